The van der Waals surface area contributed by atoms with E-state index in [9.17, 15) is 4.57 Å². The minimum atomic E-state index is -2.85. The molecule has 2 aromatic rings. The lowest BCUT2D eigenvalue weighted by Gasteiger charge is -2.31. The van der Waals surface area contributed by atoms with Crippen molar-refractivity contribution in [2.75, 3.05) is 19.8 Å². The molecule has 0 radical (unpaired) electrons. The Morgan fingerprint density at radius 1 is 0.850 bits per heavy atom. The SMILES string of the molecule is O=P(c1ccccc1)(c1ccccc1)[C@@H]1COCCO1. The third-order valence-electron chi connectivity index (χ3n) is 3.48. The third-order valence-corrected chi connectivity index (χ3v) is 6.72. The van der Waals surface area contributed by atoms with Crippen LogP contribution < -0.4 is 10.6 Å². The molecule has 1 atom stereocenters. The van der Waals surface area contributed by atoms with E-state index < -0.39 is 13.0 Å². The highest BCUT2D eigenvalue weighted by Crippen LogP contribution is 2.49. The van der Waals surface area contributed by atoms with Gasteiger partial charge in [-0.1, -0.05) is 60.7 Å². The van der Waals surface area contributed by atoms with E-state index in [1.165, 1.54) is 0 Å². The molecule has 1 saturated heterocycles. The van der Waals surface area contributed by atoms with Gasteiger partial charge in [-0.25, -0.2) is 0 Å². The lowest BCUT2D eigenvalue weighted by Crippen LogP contribution is -2.35. The average Bonchev–Trinajstić information content (AvgIpc) is 2.56. The van der Waals surface area contributed by atoms with Crippen LogP contribution in [-0.2, 0) is 14.0 Å². The third kappa shape index (κ3) is 2.45. The highest BCUT2D eigenvalue weighted by molar-refractivity contribution is 7.79. The Morgan fingerprint density at radius 3 is 1.85 bits per heavy atom. The van der Waals surface area contributed by atoms with Crippen molar-refractivity contribution in [2.45, 2.75) is 5.85 Å². The van der Waals surface area contributed by atoms with Gasteiger partial charge in [-0.3, -0.25) is 0 Å². The van der Waals surface area contributed by atoms with Crippen LogP contribution in [0.25, 0.3) is 0 Å². The summed E-state index contributed by atoms with van der Waals surface area (Å²) in [5.74, 6) is -0.402. The Labute approximate surface area is 118 Å². The molecule has 0 saturated carbocycles. The Morgan fingerprint density at radius 2 is 1.40 bits per heavy atom. The first-order valence-corrected chi connectivity index (χ1v) is 8.50. The van der Waals surface area contributed by atoms with E-state index in [2.05, 4.69) is 0 Å². The van der Waals surface area contributed by atoms with Crippen molar-refractivity contribution in [3.63, 3.8) is 0 Å². The number of hydrogen-bond donors (Lipinski definition) is 0. The van der Waals surface area contributed by atoms with E-state index in [0.29, 0.717) is 19.8 Å². The largest absolute Gasteiger partial charge is 0.376 e. The van der Waals surface area contributed by atoms with Gasteiger partial charge in [0.1, 0.15) is 5.85 Å². The molecular weight excluding hydrogens is 271 g/mol. The second-order valence-electron chi connectivity index (χ2n) is 4.73. The van der Waals surface area contributed by atoms with E-state index in [4.69, 9.17) is 9.47 Å². The molecule has 3 rings (SSSR count). The van der Waals surface area contributed by atoms with Crippen LogP contribution in [-0.4, -0.2) is 25.7 Å². The molecule has 1 fully saturated rings. The Hall–Kier alpha value is -1.41. The summed E-state index contributed by atoms with van der Waals surface area (Å²) in [6.45, 7) is 1.44. The van der Waals surface area contributed by atoms with Crippen molar-refractivity contribution in [3.8, 4) is 0 Å². The van der Waals surface area contributed by atoms with Gasteiger partial charge in [0.15, 0.2) is 7.14 Å². The standard InChI is InChI=1S/C16H17O3P/c17-20(14-7-3-1-4-8-14,15-9-5-2-6-10-15)16-13-18-11-12-19-16/h1-10,16H,11-13H2/t16-/m1/s1. The number of benzene rings is 2. The summed E-state index contributed by atoms with van der Waals surface area (Å²) in [6, 6.07) is 19.1. The first-order valence-electron chi connectivity index (χ1n) is 6.72. The molecule has 20 heavy (non-hydrogen) atoms. The monoisotopic (exact) mass is 288 g/mol. The first-order chi connectivity index (χ1) is 9.82. The molecule has 0 aromatic heterocycles. The van der Waals surface area contributed by atoms with Gasteiger partial charge in [0.05, 0.1) is 19.8 Å². The van der Waals surface area contributed by atoms with Gasteiger partial charge in [0.2, 0.25) is 0 Å². The molecule has 3 nitrogen and oxygen atoms in total. The summed E-state index contributed by atoms with van der Waals surface area (Å²) < 4.78 is 25.0. The zero-order valence-corrected chi connectivity index (χ0v) is 12.0. The van der Waals surface area contributed by atoms with Gasteiger partial charge in [0.25, 0.3) is 0 Å². The van der Waals surface area contributed by atoms with Gasteiger partial charge in [0, 0.05) is 10.6 Å². The quantitative estimate of drug-likeness (QED) is 0.813. The van der Waals surface area contributed by atoms with Crippen LogP contribution in [0.1, 0.15) is 0 Å². The summed E-state index contributed by atoms with van der Waals surface area (Å²) in [5, 5.41) is 1.64. The van der Waals surface area contributed by atoms with Crippen LogP contribution in [0.2, 0.25) is 0 Å². The molecule has 1 aliphatic rings. The topological polar surface area (TPSA) is 35.5 Å². The van der Waals surface area contributed by atoms with Crippen LogP contribution in [0.15, 0.2) is 60.7 Å². The maximum Gasteiger partial charge on any atom is 0.172 e. The predicted molar refractivity (Wildman–Crippen MR) is 80.3 cm³/mol. The fraction of sp³-hybridized carbons (Fsp3) is 0.250. The summed E-state index contributed by atoms with van der Waals surface area (Å²) in [5.41, 5.74) is 0. The summed E-state index contributed by atoms with van der Waals surface area (Å²) in [6.07, 6.45) is 0. The molecule has 0 aliphatic carbocycles. The summed E-state index contributed by atoms with van der Waals surface area (Å²) in [7, 11) is -2.85. The number of hydrogen-bond acceptors (Lipinski definition) is 3. The Balaban J connectivity index is 2.10. The van der Waals surface area contributed by atoms with E-state index in [1.807, 2.05) is 60.7 Å². The second-order valence-corrected chi connectivity index (χ2v) is 7.65. The lowest BCUT2D eigenvalue weighted by atomic mass is 10.4. The van der Waals surface area contributed by atoms with Gasteiger partial charge in [-0.2, -0.15) is 0 Å². The highest BCUT2D eigenvalue weighted by Gasteiger charge is 2.38. The minimum Gasteiger partial charge on any atom is -0.376 e. The zero-order chi connectivity index (χ0) is 13.8. The van der Waals surface area contributed by atoms with Crippen molar-refractivity contribution < 1.29 is 14.0 Å². The summed E-state index contributed by atoms with van der Waals surface area (Å²) in [4.78, 5) is 0. The maximum absolute atomic E-state index is 13.8. The molecule has 4 heteroatoms. The highest BCUT2D eigenvalue weighted by atomic mass is 31.2. The Kier molecular flexibility index (Phi) is 4.02. The smallest absolute Gasteiger partial charge is 0.172 e. The molecule has 0 unspecified atom stereocenters. The predicted octanol–water partition coefficient (Wildman–Crippen LogP) is 2.37. The van der Waals surface area contributed by atoms with Crippen LogP contribution in [0.3, 0.4) is 0 Å². The van der Waals surface area contributed by atoms with Crippen LogP contribution in [0, 0.1) is 0 Å². The van der Waals surface area contributed by atoms with Crippen LogP contribution in [0.5, 0.6) is 0 Å². The second kappa shape index (κ2) is 5.92. The average molecular weight is 288 g/mol. The molecule has 2 aromatic carbocycles. The van der Waals surface area contributed by atoms with Gasteiger partial charge < -0.3 is 14.0 Å². The molecule has 1 aliphatic heterocycles. The fourth-order valence-electron chi connectivity index (χ4n) is 2.47. The van der Waals surface area contributed by atoms with Crippen molar-refractivity contribution in [1.29, 1.82) is 0 Å². The van der Waals surface area contributed by atoms with Crippen molar-refractivity contribution in [2.24, 2.45) is 0 Å². The molecule has 104 valence electrons. The van der Waals surface area contributed by atoms with E-state index in [-0.39, 0.29) is 0 Å². The molecule has 1 heterocycles. The fourth-order valence-corrected chi connectivity index (χ4v) is 5.29. The van der Waals surface area contributed by atoms with Gasteiger partial charge in [-0.05, 0) is 0 Å². The first kappa shape index (κ1) is 13.6. The van der Waals surface area contributed by atoms with Crippen molar-refractivity contribution >= 4 is 17.8 Å². The van der Waals surface area contributed by atoms with E-state index in [1.54, 1.807) is 0 Å². The summed E-state index contributed by atoms with van der Waals surface area (Å²) >= 11 is 0. The molecule has 0 spiro atoms. The van der Waals surface area contributed by atoms with Gasteiger partial charge >= 0.3 is 0 Å². The van der Waals surface area contributed by atoms with Crippen LogP contribution >= 0.6 is 7.14 Å². The Bertz CT molecular complexity index is 548. The van der Waals surface area contributed by atoms with E-state index in [0.717, 1.165) is 10.6 Å². The zero-order valence-electron chi connectivity index (χ0n) is 11.1. The van der Waals surface area contributed by atoms with Crippen LogP contribution in [0.4, 0.5) is 0 Å². The van der Waals surface area contributed by atoms with E-state index >= 15 is 0 Å². The minimum absolute atomic E-state index is 0.376. The normalized spacial score (nSPS) is 19.7. The number of ether oxygens (including phenoxy) is 2. The lowest BCUT2D eigenvalue weighted by molar-refractivity contribution is -0.0537. The molecule has 0 N–H and O–H groups in total. The van der Waals surface area contributed by atoms with Crippen molar-refractivity contribution in [3.05, 3.63) is 60.7 Å². The maximum atomic E-state index is 13.8. The van der Waals surface area contributed by atoms with Crippen molar-refractivity contribution in [1.82, 2.24) is 0 Å². The molecule has 0 amide bonds. The number of rotatable bonds is 3. The molecule has 0 bridgehead atoms. The van der Waals surface area contributed by atoms with Gasteiger partial charge in [-0.15, -0.1) is 0 Å². The molecular formula is C16H17O3P.